The molecule has 0 fully saturated rings. The van der Waals surface area contributed by atoms with Gasteiger partial charge in [0.15, 0.2) is 0 Å². The maximum atomic E-state index is 13.8. The summed E-state index contributed by atoms with van der Waals surface area (Å²) in [5.74, 6) is -10.5. The van der Waals surface area contributed by atoms with Crippen LogP contribution in [0.25, 0.3) is 0 Å². The maximum absolute atomic E-state index is 13.8. The van der Waals surface area contributed by atoms with Gasteiger partial charge in [-0.05, 0) is 69.4 Å². The van der Waals surface area contributed by atoms with Crippen molar-refractivity contribution >= 4 is 77.2 Å². The molecule has 0 aliphatic rings. The molecule has 0 saturated heterocycles. The van der Waals surface area contributed by atoms with Crippen LogP contribution < -0.4 is 54.4 Å². The van der Waals surface area contributed by atoms with Gasteiger partial charge >= 0.3 is 11.9 Å². The molecule has 0 aliphatic heterocycles. The number of thioether (sulfide) groups is 1. The van der Waals surface area contributed by atoms with Crippen molar-refractivity contribution in [3.05, 3.63) is 0 Å². The van der Waals surface area contributed by atoms with Gasteiger partial charge in [-0.25, -0.2) is 0 Å². The number of nitrogens with one attached hydrogen (secondary N) is 7. The zero-order chi connectivity index (χ0) is 48.2. The number of carboxylic acids is 2. The number of carbonyl (C=O) groups excluding carboxylic acids is 9. The molecule has 0 saturated carbocycles. The predicted molar refractivity (Wildman–Crippen MR) is 225 cm³/mol. The Labute approximate surface area is 368 Å². The smallest absolute Gasteiger partial charge is 0.305 e. The summed E-state index contributed by atoms with van der Waals surface area (Å²) in [6.45, 7) is 1.69. The van der Waals surface area contributed by atoms with E-state index >= 15 is 0 Å². The van der Waals surface area contributed by atoms with Gasteiger partial charge < -0.3 is 79.6 Å². The number of carbonyl (C=O) groups is 11. The zero-order valence-corrected chi connectivity index (χ0v) is 36.4. The highest BCUT2D eigenvalue weighted by atomic mass is 32.2. The molecule has 25 nitrogen and oxygen atoms in total. The molecule has 0 heterocycles. The summed E-state index contributed by atoms with van der Waals surface area (Å²) in [4.78, 5) is 139. The monoisotopic (exact) mass is 920 g/mol. The molecular weight excluding hydrogens is 857 g/mol. The summed E-state index contributed by atoms with van der Waals surface area (Å²) in [5.41, 5.74) is 16.4. The minimum Gasteiger partial charge on any atom is -0.481 e. The van der Waals surface area contributed by atoms with E-state index in [0.29, 0.717) is 18.5 Å². The van der Waals surface area contributed by atoms with E-state index in [4.69, 9.17) is 27.4 Å². The SMILES string of the molecule is CSCC[C@H](NC(=O)[C@H](CCC(N)=O)NC(=O)[C@H](CCCCN)NC(=O)[C@H](CO)NC(=O)[C@H](CC(C)C)NC(=O)[C@H](CC(=O)O)NC(=O)[C@@H](N)CO)C(=O)N[C@H](C=O)CCC(=O)O. The first-order valence-electron chi connectivity index (χ1n) is 20.1. The van der Waals surface area contributed by atoms with Crippen LogP contribution in [0.3, 0.4) is 0 Å². The van der Waals surface area contributed by atoms with Crippen LogP contribution in [-0.2, 0) is 52.7 Å². The highest BCUT2D eigenvalue weighted by molar-refractivity contribution is 7.98. The number of aliphatic hydroxyl groups is 2. The second kappa shape index (κ2) is 31.4. The topological polar surface area (TPSA) is 431 Å². The van der Waals surface area contributed by atoms with Crippen LogP contribution in [0.5, 0.6) is 0 Å². The molecule has 0 aromatic heterocycles. The van der Waals surface area contributed by atoms with E-state index in [0.717, 1.165) is 0 Å². The summed E-state index contributed by atoms with van der Waals surface area (Å²) in [6, 6.07) is -11.9. The van der Waals surface area contributed by atoms with Gasteiger partial charge in [0, 0.05) is 12.8 Å². The normalized spacial score (nSPS) is 14.8. The molecule has 0 rings (SSSR count). The predicted octanol–water partition coefficient (Wildman–Crippen LogP) is -5.58. The van der Waals surface area contributed by atoms with E-state index in [1.807, 2.05) is 0 Å². The molecule has 0 aliphatic carbocycles. The van der Waals surface area contributed by atoms with Gasteiger partial charge in [0.25, 0.3) is 0 Å². The van der Waals surface area contributed by atoms with E-state index in [9.17, 15) is 63.0 Å². The zero-order valence-electron chi connectivity index (χ0n) is 35.6. The van der Waals surface area contributed by atoms with E-state index in [1.54, 1.807) is 20.1 Å². The maximum Gasteiger partial charge on any atom is 0.305 e. The van der Waals surface area contributed by atoms with Gasteiger partial charge in [-0.3, -0.25) is 47.9 Å². The Morgan fingerprint density at radius 2 is 1.06 bits per heavy atom. The van der Waals surface area contributed by atoms with Gasteiger partial charge in [0.1, 0.15) is 48.6 Å². The number of hydrogen-bond acceptors (Lipinski definition) is 16. The lowest BCUT2D eigenvalue weighted by Crippen LogP contribution is -2.61. The Morgan fingerprint density at radius 1 is 0.587 bits per heavy atom. The van der Waals surface area contributed by atoms with Crippen LogP contribution in [0.1, 0.15) is 78.1 Å². The molecule has 8 amide bonds. The number of primary amides is 1. The van der Waals surface area contributed by atoms with E-state index in [-0.39, 0.29) is 51.0 Å². The van der Waals surface area contributed by atoms with Crippen molar-refractivity contribution in [3.8, 4) is 0 Å². The van der Waals surface area contributed by atoms with Gasteiger partial charge in [-0.1, -0.05) is 13.8 Å². The number of nitrogens with two attached hydrogens (primary N) is 3. The molecule has 17 N–H and O–H groups in total. The van der Waals surface area contributed by atoms with Crippen LogP contribution >= 0.6 is 11.8 Å². The second-order valence-corrected chi connectivity index (χ2v) is 15.8. The molecule has 26 heteroatoms. The van der Waals surface area contributed by atoms with Crippen molar-refractivity contribution in [2.45, 2.75) is 126 Å². The van der Waals surface area contributed by atoms with E-state index in [2.05, 4.69) is 37.2 Å². The van der Waals surface area contributed by atoms with Crippen molar-refractivity contribution in [1.29, 1.82) is 0 Å². The Kier molecular flexibility index (Phi) is 28.7. The Balaban J connectivity index is 6.38. The number of aliphatic hydroxyl groups excluding tert-OH is 2. The lowest BCUT2D eigenvalue weighted by atomic mass is 10.0. The molecule has 358 valence electrons. The molecule has 0 radical (unpaired) electrons. The first-order valence-corrected chi connectivity index (χ1v) is 21.5. The quantitative estimate of drug-likeness (QED) is 0.0211. The average Bonchev–Trinajstić information content (AvgIpc) is 3.22. The van der Waals surface area contributed by atoms with E-state index < -0.39 is 140 Å². The molecule has 0 spiro atoms. The lowest BCUT2D eigenvalue weighted by Gasteiger charge is -2.27. The Hall–Kier alpha value is -5.44. The van der Waals surface area contributed by atoms with Crippen LogP contribution in [-0.4, -0.2) is 166 Å². The molecule has 0 aromatic rings. The van der Waals surface area contributed by atoms with Gasteiger partial charge in [-0.15, -0.1) is 0 Å². The van der Waals surface area contributed by atoms with Crippen molar-refractivity contribution in [3.63, 3.8) is 0 Å². The third-order valence-electron chi connectivity index (χ3n) is 9.00. The average molecular weight is 921 g/mol. The highest BCUT2D eigenvalue weighted by Gasteiger charge is 2.34. The van der Waals surface area contributed by atoms with Crippen LogP contribution in [0, 0.1) is 5.92 Å². The number of unbranched alkanes of at least 4 members (excludes halogenated alkanes) is 1. The third-order valence-corrected chi connectivity index (χ3v) is 9.64. The number of carboxylic acid groups (broad SMARTS) is 2. The minimum atomic E-state index is -1.75. The van der Waals surface area contributed by atoms with Gasteiger partial charge in [0.2, 0.25) is 47.3 Å². The standard InChI is InChI=1S/C37H64N10O15S/c1-19(2)14-25(46-36(61)26(15-30(54)55)45-31(56)21(39)17-49)35(60)47-27(18-50)37(62)42-22(6-4-5-12-38)33(58)43-23(8-9-28(40)51)34(59)44-24(11-13-63-3)32(57)41-20(16-48)7-10-29(52)53/h16,19-27,49-50H,4-15,17-18,38-39H2,1-3H3,(H2,40,51)(H,41,57)(H,42,62)(H,43,58)(H,44,59)(H,45,56)(H,46,61)(H,47,60)(H,52,53)(H,54,55)/t20-,21-,22-,23-,24-,25-,26-,27-/m0/s1. The fourth-order valence-corrected chi connectivity index (χ4v) is 6.03. The number of rotatable bonds is 34. The van der Waals surface area contributed by atoms with Crippen molar-refractivity contribution < 1.29 is 73.2 Å². The second-order valence-electron chi connectivity index (χ2n) is 14.8. The number of aldehydes is 1. The molecule has 63 heavy (non-hydrogen) atoms. The molecule has 8 atom stereocenters. The Bertz CT molecular complexity index is 1570. The van der Waals surface area contributed by atoms with E-state index in [1.165, 1.54) is 11.8 Å². The summed E-state index contributed by atoms with van der Waals surface area (Å²) in [7, 11) is 0. The highest BCUT2D eigenvalue weighted by Crippen LogP contribution is 2.10. The summed E-state index contributed by atoms with van der Waals surface area (Å²) >= 11 is 1.32. The van der Waals surface area contributed by atoms with Gasteiger partial charge in [-0.2, -0.15) is 11.8 Å². The van der Waals surface area contributed by atoms with Crippen LogP contribution in [0.4, 0.5) is 0 Å². The summed E-state index contributed by atoms with van der Waals surface area (Å²) in [5, 5.41) is 54.0. The molecule has 0 unspecified atom stereocenters. The van der Waals surface area contributed by atoms with Crippen LogP contribution in [0.2, 0.25) is 0 Å². The minimum absolute atomic E-state index is 0.0340. The molecule has 0 bridgehead atoms. The molecular formula is C37H64N10O15S. The largest absolute Gasteiger partial charge is 0.481 e. The summed E-state index contributed by atoms with van der Waals surface area (Å²) < 4.78 is 0. The fourth-order valence-electron chi connectivity index (χ4n) is 5.56. The third kappa shape index (κ3) is 24.1. The lowest BCUT2D eigenvalue weighted by molar-refractivity contribution is -0.141. The van der Waals surface area contributed by atoms with Crippen molar-refractivity contribution in [2.24, 2.45) is 23.1 Å². The van der Waals surface area contributed by atoms with Crippen molar-refractivity contribution in [1.82, 2.24) is 37.2 Å². The summed E-state index contributed by atoms with van der Waals surface area (Å²) in [6.07, 6.45) is 0.185. The van der Waals surface area contributed by atoms with Crippen molar-refractivity contribution in [2.75, 3.05) is 31.8 Å². The Morgan fingerprint density at radius 3 is 1.54 bits per heavy atom. The first-order chi connectivity index (χ1) is 29.6. The fraction of sp³-hybridized carbons (Fsp3) is 0.703. The van der Waals surface area contributed by atoms with Gasteiger partial charge in [0.05, 0.1) is 25.7 Å². The number of amides is 8. The molecule has 0 aromatic carbocycles. The van der Waals surface area contributed by atoms with Crippen LogP contribution in [0.15, 0.2) is 0 Å². The number of aliphatic carboxylic acids is 2. The first kappa shape index (κ1) is 57.6. The number of hydrogen-bond donors (Lipinski definition) is 14.